The fourth-order valence-electron chi connectivity index (χ4n) is 1.71. The fourth-order valence-corrected chi connectivity index (χ4v) is 2.66. The largest absolute Gasteiger partial charge is 0.329 e. The summed E-state index contributed by atoms with van der Waals surface area (Å²) in [7, 11) is 1.93. The number of aryl methyl sites for hydroxylation is 1. The normalized spacial score (nSPS) is 11.8. The molecule has 0 aliphatic heterocycles. The van der Waals surface area contributed by atoms with E-state index in [0.717, 1.165) is 10.1 Å². The maximum absolute atomic E-state index is 14.1. The molecule has 0 atom stereocenters. The summed E-state index contributed by atoms with van der Waals surface area (Å²) in [5, 5.41) is 4.19. The smallest absolute Gasteiger partial charge is 0.172 e. The van der Waals surface area contributed by atoms with E-state index in [9.17, 15) is 4.39 Å². The van der Waals surface area contributed by atoms with Crippen LogP contribution in [0.25, 0.3) is 0 Å². The molecule has 2 rings (SSSR count). The molecule has 3 nitrogen and oxygen atoms in total. The molecule has 0 spiro atoms. The van der Waals surface area contributed by atoms with Crippen molar-refractivity contribution >= 4 is 11.8 Å². The molecule has 0 aliphatic carbocycles. The van der Waals surface area contributed by atoms with Gasteiger partial charge in [0.1, 0.15) is 5.82 Å². The standard InChI is InChI=1S/C15H20FN3S/c1-15(2,3)18-10-11-12(16)6-5-7-13(11)20-14-17-8-9-19(14)4/h5-9,18H,10H2,1-4H3. The number of imidazole rings is 1. The van der Waals surface area contributed by atoms with Crippen LogP contribution >= 0.6 is 11.8 Å². The number of halogens is 1. The van der Waals surface area contributed by atoms with Gasteiger partial charge in [-0.3, -0.25) is 0 Å². The van der Waals surface area contributed by atoms with Crippen molar-refractivity contribution in [1.82, 2.24) is 14.9 Å². The lowest BCUT2D eigenvalue weighted by Crippen LogP contribution is -2.35. The van der Waals surface area contributed by atoms with E-state index >= 15 is 0 Å². The summed E-state index contributed by atoms with van der Waals surface area (Å²) >= 11 is 1.48. The van der Waals surface area contributed by atoms with Crippen molar-refractivity contribution in [3.8, 4) is 0 Å². The highest BCUT2D eigenvalue weighted by Gasteiger charge is 2.15. The van der Waals surface area contributed by atoms with Crippen LogP contribution in [0.2, 0.25) is 0 Å². The molecule has 1 heterocycles. The molecule has 0 saturated heterocycles. The zero-order valence-corrected chi connectivity index (χ0v) is 13.1. The van der Waals surface area contributed by atoms with Crippen LogP contribution in [0.4, 0.5) is 4.39 Å². The zero-order valence-electron chi connectivity index (χ0n) is 12.3. The molecule has 0 saturated carbocycles. The van der Waals surface area contributed by atoms with Crippen LogP contribution in [0.5, 0.6) is 0 Å². The SMILES string of the molecule is Cn1ccnc1Sc1cccc(F)c1CNC(C)(C)C. The summed E-state index contributed by atoms with van der Waals surface area (Å²) in [5.41, 5.74) is 0.642. The second-order valence-corrected chi connectivity index (χ2v) is 6.75. The van der Waals surface area contributed by atoms with Crippen molar-refractivity contribution in [2.75, 3.05) is 0 Å². The van der Waals surface area contributed by atoms with Crippen molar-refractivity contribution in [1.29, 1.82) is 0 Å². The lowest BCUT2D eigenvalue weighted by molar-refractivity contribution is 0.416. The van der Waals surface area contributed by atoms with Gasteiger partial charge in [-0.15, -0.1) is 0 Å². The van der Waals surface area contributed by atoms with Crippen LogP contribution in [0.15, 0.2) is 40.6 Å². The predicted molar refractivity (Wildman–Crippen MR) is 80.3 cm³/mol. The van der Waals surface area contributed by atoms with Gasteiger partial charge in [-0.05, 0) is 32.9 Å². The van der Waals surface area contributed by atoms with E-state index in [1.165, 1.54) is 17.8 Å². The number of nitrogens with one attached hydrogen (secondary N) is 1. The molecule has 0 fully saturated rings. The molecule has 1 aromatic carbocycles. The summed E-state index contributed by atoms with van der Waals surface area (Å²) in [6.07, 6.45) is 3.63. The summed E-state index contributed by atoms with van der Waals surface area (Å²) in [6.45, 7) is 6.71. The molecule has 0 amide bonds. The first-order valence-electron chi connectivity index (χ1n) is 6.54. The topological polar surface area (TPSA) is 29.9 Å². The summed E-state index contributed by atoms with van der Waals surface area (Å²) in [5.74, 6) is -0.180. The first kappa shape index (κ1) is 15.1. The van der Waals surface area contributed by atoms with Crippen LogP contribution < -0.4 is 5.32 Å². The van der Waals surface area contributed by atoms with Gasteiger partial charge in [0.05, 0.1) is 0 Å². The number of hydrogen-bond donors (Lipinski definition) is 1. The van der Waals surface area contributed by atoms with E-state index in [2.05, 4.69) is 31.1 Å². The van der Waals surface area contributed by atoms with Crippen LogP contribution in [0.3, 0.4) is 0 Å². The van der Waals surface area contributed by atoms with E-state index in [1.54, 1.807) is 12.3 Å². The number of rotatable bonds is 4. The second-order valence-electron chi connectivity index (χ2n) is 5.74. The molecule has 2 aromatic rings. The molecule has 108 valence electrons. The number of aromatic nitrogens is 2. The van der Waals surface area contributed by atoms with Gasteiger partial charge in [-0.1, -0.05) is 17.8 Å². The van der Waals surface area contributed by atoms with E-state index in [4.69, 9.17) is 0 Å². The van der Waals surface area contributed by atoms with Gasteiger partial charge in [0.2, 0.25) is 0 Å². The highest BCUT2D eigenvalue weighted by molar-refractivity contribution is 7.99. The molecule has 1 aromatic heterocycles. The Labute approximate surface area is 123 Å². The van der Waals surface area contributed by atoms with Crippen LogP contribution in [0, 0.1) is 5.82 Å². The van der Waals surface area contributed by atoms with E-state index in [1.807, 2.05) is 23.9 Å². The molecular formula is C15H20FN3S. The Hall–Kier alpha value is -1.33. The fraction of sp³-hybridized carbons (Fsp3) is 0.400. The predicted octanol–water partition coefficient (Wildman–Crippen LogP) is 3.60. The number of benzene rings is 1. The molecule has 20 heavy (non-hydrogen) atoms. The van der Waals surface area contributed by atoms with Gasteiger partial charge in [0.15, 0.2) is 5.16 Å². The minimum atomic E-state index is -0.180. The molecule has 0 bridgehead atoms. The van der Waals surface area contributed by atoms with Crippen LogP contribution in [-0.4, -0.2) is 15.1 Å². The zero-order chi connectivity index (χ0) is 14.8. The summed E-state index contributed by atoms with van der Waals surface area (Å²) < 4.78 is 16.0. The Kier molecular flexibility index (Phi) is 4.50. The molecule has 1 N–H and O–H groups in total. The van der Waals surface area contributed by atoms with Crippen molar-refractivity contribution in [3.63, 3.8) is 0 Å². The van der Waals surface area contributed by atoms with Crippen LogP contribution in [0.1, 0.15) is 26.3 Å². The Morgan fingerprint density at radius 1 is 1.35 bits per heavy atom. The maximum Gasteiger partial charge on any atom is 0.172 e. The average molecular weight is 293 g/mol. The van der Waals surface area contributed by atoms with E-state index < -0.39 is 0 Å². The Balaban J connectivity index is 2.24. The minimum Gasteiger partial charge on any atom is -0.329 e. The van der Waals surface area contributed by atoms with Gasteiger partial charge >= 0.3 is 0 Å². The summed E-state index contributed by atoms with van der Waals surface area (Å²) in [4.78, 5) is 5.17. The minimum absolute atomic E-state index is 0.0482. The van der Waals surface area contributed by atoms with Gasteiger partial charge in [-0.2, -0.15) is 0 Å². The van der Waals surface area contributed by atoms with Crippen molar-refractivity contribution in [3.05, 3.63) is 42.0 Å². The third-order valence-corrected chi connectivity index (χ3v) is 4.03. The van der Waals surface area contributed by atoms with Crippen LogP contribution in [-0.2, 0) is 13.6 Å². The molecule has 0 unspecified atom stereocenters. The maximum atomic E-state index is 14.1. The average Bonchev–Trinajstić information content (AvgIpc) is 2.73. The van der Waals surface area contributed by atoms with Gasteiger partial charge in [-0.25, -0.2) is 9.37 Å². The van der Waals surface area contributed by atoms with Gasteiger partial charge in [0, 0.05) is 42.0 Å². The third-order valence-electron chi connectivity index (χ3n) is 2.85. The number of nitrogens with zero attached hydrogens (tertiary/aromatic N) is 2. The van der Waals surface area contributed by atoms with Crippen molar-refractivity contribution in [2.24, 2.45) is 7.05 Å². The molecule has 0 aliphatic rings. The first-order valence-corrected chi connectivity index (χ1v) is 7.36. The molecule has 5 heteroatoms. The Morgan fingerprint density at radius 2 is 2.10 bits per heavy atom. The van der Waals surface area contributed by atoms with Gasteiger partial charge < -0.3 is 9.88 Å². The Morgan fingerprint density at radius 3 is 2.70 bits per heavy atom. The lowest BCUT2D eigenvalue weighted by atomic mass is 10.1. The van der Waals surface area contributed by atoms with E-state index in [-0.39, 0.29) is 11.4 Å². The quantitative estimate of drug-likeness (QED) is 0.934. The highest BCUT2D eigenvalue weighted by Crippen LogP contribution is 2.30. The monoisotopic (exact) mass is 293 g/mol. The van der Waals surface area contributed by atoms with Crippen molar-refractivity contribution < 1.29 is 4.39 Å². The summed E-state index contributed by atoms with van der Waals surface area (Å²) in [6, 6.07) is 5.17. The number of hydrogen-bond acceptors (Lipinski definition) is 3. The highest BCUT2D eigenvalue weighted by atomic mass is 32.2. The Bertz CT molecular complexity index is 587. The van der Waals surface area contributed by atoms with Crippen molar-refractivity contribution in [2.45, 2.75) is 42.9 Å². The second kappa shape index (κ2) is 5.97. The lowest BCUT2D eigenvalue weighted by Gasteiger charge is -2.21. The molecule has 0 radical (unpaired) electrons. The van der Waals surface area contributed by atoms with E-state index in [0.29, 0.717) is 12.1 Å². The van der Waals surface area contributed by atoms with Gasteiger partial charge in [0.25, 0.3) is 0 Å². The third kappa shape index (κ3) is 3.84. The first-order chi connectivity index (χ1) is 9.37. The molecular weight excluding hydrogens is 273 g/mol.